The largest absolute Gasteiger partial charge is 0.468 e. The third kappa shape index (κ3) is 3.83. The molecule has 0 aliphatic carbocycles. The summed E-state index contributed by atoms with van der Waals surface area (Å²) in [5, 5.41) is 0. The van der Waals surface area contributed by atoms with Gasteiger partial charge in [-0.05, 0) is 43.4 Å². The van der Waals surface area contributed by atoms with Crippen LogP contribution >= 0.6 is 0 Å². The van der Waals surface area contributed by atoms with E-state index >= 15 is 0 Å². The van der Waals surface area contributed by atoms with Crippen molar-refractivity contribution in [3.8, 4) is 0 Å². The summed E-state index contributed by atoms with van der Waals surface area (Å²) in [6, 6.07) is 7.74. The van der Waals surface area contributed by atoms with Crippen LogP contribution in [-0.4, -0.2) is 44.8 Å². The molecular formula is C17H25NO3. The van der Waals surface area contributed by atoms with Gasteiger partial charge in [-0.15, -0.1) is 0 Å². The van der Waals surface area contributed by atoms with Crippen molar-refractivity contribution in [1.29, 1.82) is 0 Å². The van der Waals surface area contributed by atoms with Crippen LogP contribution in [0.15, 0.2) is 24.3 Å². The average molecular weight is 291 g/mol. The molecule has 0 bridgehead atoms. The molecule has 0 radical (unpaired) electrons. The molecule has 0 spiro atoms. The third-order valence-electron chi connectivity index (χ3n) is 4.23. The predicted molar refractivity (Wildman–Crippen MR) is 82.1 cm³/mol. The first kappa shape index (κ1) is 16.0. The fourth-order valence-electron chi connectivity index (χ4n) is 3.18. The van der Waals surface area contributed by atoms with Crippen LogP contribution in [-0.2, 0) is 14.3 Å². The van der Waals surface area contributed by atoms with Crippen LogP contribution in [0.5, 0.6) is 0 Å². The van der Waals surface area contributed by atoms with Crippen LogP contribution in [0.25, 0.3) is 0 Å². The number of piperidine rings is 1. The first-order valence-electron chi connectivity index (χ1n) is 7.53. The van der Waals surface area contributed by atoms with Gasteiger partial charge in [0.15, 0.2) is 0 Å². The molecule has 0 amide bonds. The summed E-state index contributed by atoms with van der Waals surface area (Å²) < 4.78 is 10.3. The van der Waals surface area contributed by atoms with E-state index in [9.17, 15) is 4.79 Å². The number of carbonyl (C=O) groups is 1. The molecule has 2 atom stereocenters. The minimum absolute atomic E-state index is 0.178. The molecule has 4 heteroatoms. The van der Waals surface area contributed by atoms with Crippen LogP contribution in [0.1, 0.15) is 30.0 Å². The van der Waals surface area contributed by atoms with Gasteiger partial charge in [-0.3, -0.25) is 4.90 Å². The predicted octanol–water partition coefficient (Wildman–Crippen LogP) is 2.57. The molecule has 1 aliphatic rings. The highest BCUT2D eigenvalue weighted by molar-refractivity contribution is 5.78. The van der Waals surface area contributed by atoms with Crippen molar-refractivity contribution in [2.75, 3.05) is 33.9 Å². The fourth-order valence-corrected chi connectivity index (χ4v) is 3.18. The molecule has 1 heterocycles. The molecule has 1 aromatic rings. The summed E-state index contributed by atoms with van der Waals surface area (Å²) in [6.45, 7) is 4.59. The van der Waals surface area contributed by atoms with Crippen LogP contribution in [0.2, 0.25) is 0 Å². The van der Waals surface area contributed by atoms with E-state index in [4.69, 9.17) is 9.47 Å². The highest BCUT2D eigenvalue weighted by Crippen LogP contribution is 2.29. The Morgan fingerprint density at radius 1 is 1.38 bits per heavy atom. The molecule has 0 N–H and O–H groups in total. The van der Waals surface area contributed by atoms with Gasteiger partial charge >= 0.3 is 5.97 Å². The molecule has 1 saturated heterocycles. The summed E-state index contributed by atoms with van der Waals surface area (Å²) in [5.41, 5.74) is 2.17. The fraction of sp³-hybridized carbons (Fsp3) is 0.588. The molecule has 0 unspecified atom stereocenters. The van der Waals surface area contributed by atoms with Crippen molar-refractivity contribution in [1.82, 2.24) is 4.90 Å². The molecule has 1 aromatic carbocycles. The second-order valence-electron chi connectivity index (χ2n) is 5.74. The van der Waals surface area contributed by atoms with E-state index in [0.29, 0.717) is 5.92 Å². The van der Waals surface area contributed by atoms with Gasteiger partial charge in [-0.1, -0.05) is 24.3 Å². The van der Waals surface area contributed by atoms with E-state index in [1.165, 1.54) is 7.11 Å². The highest BCUT2D eigenvalue weighted by atomic mass is 16.5. The zero-order chi connectivity index (χ0) is 15.2. The van der Waals surface area contributed by atoms with Crippen molar-refractivity contribution >= 4 is 5.97 Å². The Hall–Kier alpha value is -1.39. The van der Waals surface area contributed by atoms with Crippen LogP contribution in [0.3, 0.4) is 0 Å². The second kappa shape index (κ2) is 7.57. The van der Waals surface area contributed by atoms with Gasteiger partial charge in [-0.2, -0.15) is 0 Å². The van der Waals surface area contributed by atoms with E-state index < -0.39 is 0 Å². The lowest BCUT2D eigenvalue weighted by atomic mass is 9.93. The van der Waals surface area contributed by atoms with E-state index in [0.717, 1.165) is 43.7 Å². The molecule has 0 aromatic heterocycles. The maximum Gasteiger partial charge on any atom is 0.327 e. The number of nitrogens with zero attached hydrogens (tertiary/aromatic N) is 1. The van der Waals surface area contributed by atoms with Gasteiger partial charge in [0.25, 0.3) is 0 Å². The summed E-state index contributed by atoms with van der Waals surface area (Å²) in [5.74, 6) is 0.308. The number of carbonyl (C=O) groups excluding carboxylic acids is 1. The smallest absolute Gasteiger partial charge is 0.327 e. The average Bonchev–Trinajstić information content (AvgIpc) is 2.50. The van der Waals surface area contributed by atoms with Crippen molar-refractivity contribution in [2.45, 2.75) is 25.8 Å². The quantitative estimate of drug-likeness (QED) is 0.782. The Morgan fingerprint density at radius 3 is 2.81 bits per heavy atom. The number of rotatable bonds is 5. The number of hydrogen-bond donors (Lipinski definition) is 0. The summed E-state index contributed by atoms with van der Waals surface area (Å²) >= 11 is 0. The Bertz CT molecular complexity index is 473. The molecule has 116 valence electrons. The summed E-state index contributed by atoms with van der Waals surface area (Å²) in [6.07, 6.45) is 2.25. The molecular weight excluding hydrogens is 266 g/mol. The molecule has 4 nitrogen and oxygen atoms in total. The van der Waals surface area contributed by atoms with Gasteiger partial charge < -0.3 is 9.47 Å². The van der Waals surface area contributed by atoms with Gasteiger partial charge in [0.2, 0.25) is 0 Å². The minimum Gasteiger partial charge on any atom is -0.468 e. The molecule has 0 saturated carbocycles. The maximum atomic E-state index is 12.3. The Labute approximate surface area is 127 Å². The van der Waals surface area contributed by atoms with Crippen LogP contribution in [0.4, 0.5) is 0 Å². The first-order chi connectivity index (χ1) is 10.2. The van der Waals surface area contributed by atoms with E-state index in [-0.39, 0.29) is 12.0 Å². The first-order valence-corrected chi connectivity index (χ1v) is 7.53. The van der Waals surface area contributed by atoms with E-state index in [2.05, 4.69) is 4.90 Å². The van der Waals surface area contributed by atoms with Crippen LogP contribution in [0, 0.1) is 12.8 Å². The lowest BCUT2D eigenvalue weighted by Gasteiger charge is -2.37. The molecule has 21 heavy (non-hydrogen) atoms. The van der Waals surface area contributed by atoms with Crippen LogP contribution < -0.4 is 0 Å². The normalized spacial score (nSPS) is 21.0. The number of aryl methyl sites for hydroxylation is 1. The zero-order valence-electron chi connectivity index (χ0n) is 13.2. The van der Waals surface area contributed by atoms with E-state index in [1.807, 2.05) is 31.2 Å². The standard InChI is InChI=1S/C17H25NO3/c1-13-7-4-5-9-15(13)16(17(19)21-3)18-10-6-8-14(11-18)12-20-2/h4-5,7,9,14,16H,6,8,10-12H2,1-3H3/t14-,16-/m1/s1. The molecule has 1 aliphatic heterocycles. The summed E-state index contributed by atoms with van der Waals surface area (Å²) in [4.78, 5) is 14.6. The topological polar surface area (TPSA) is 38.8 Å². The number of benzene rings is 1. The van der Waals surface area contributed by atoms with Crippen molar-refractivity contribution < 1.29 is 14.3 Å². The molecule has 2 rings (SSSR count). The Balaban J connectivity index is 2.24. The zero-order valence-corrected chi connectivity index (χ0v) is 13.2. The number of hydrogen-bond acceptors (Lipinski definition) is 4. The molecule has 1 fully saturated rings. The number of esters is 1. The lowest BCUT2D eigenvalue weighted by Crippen LogP contribution is -2.43. The highest BCUT2D eigenvalue weighted by Gasteiger charge is 2.33. The summed E-state index contributed by atoms with van der Waals surface area (Å²) in [7, 11) is 3.20. The van der Waals surface area contributed by atoms with Gasteiger partial charge in [-0.25, -0.2) is 4.79 Å². The van der Waals surface area contributed by atoms with Gasteiger partial charge in [0.1, 0.15) is 6.04 Å². The second-order valence-corrected chi connectivity index (χ2v) is 5.74. The number of ether oxygens (including phenoxy) is 2. The van der Waals surface area contributed by atoms with E-state index in [1.54, 1.807) is 7.11 Å². The van der Waals surface area contributed by atoms with Gasteiger partial charge in [0, 0.05) is 13.7 Å². The van der Waals surface area contributed by atoms with Crippen molar-refractivity contribution in [3.63, 3.8) is 0 Å². The SMILES string of the molecule is COC[C@@H]1CCCN([C@@H](C(=O)OC)c2ccccc2C)C1. The Morgan fingerprint density at radius 2 is 2.14 bits per heavy atom. The minimum atomic E-state index is -0.309. The lowest BCUT2D eigenvalue weighted by molar-refractivity contribution is -0.148. The number of likely N-dealkylation sites (tertiary alicyclic amines) is 1. The van der Waals surface area contributed by atoms with Crippen molar-refractivity contribution in [3.05, 3.63) is 35.4 Å². The number of methoxy groups -OCH3 is 2. The Kier molecular flexibility index (Phi) is 5.76. The monoisotopic (exact) mass is 291 g/mol. The van der Waals surface area contributed by atoms with Gasteiger partial charge in [0.05, 0.1) is 13.7 Å². The maximum absolute atomic E-state index is 12.3. The third-order valence-corrected chi connectivity index (χ3v) is 4.23. The van der Waals surface area contributed by atoms with Crippen molar-refractivity contribution in [2.24, 2.45) is 5.92 Å².